The zero-order chi connectivity index (χ0) is 16.4. The molecule has 8 heteroatoms. The van der Waals surface area contributed by atoms with Crippen molar-refractivity contribution < 1.29 is 32.3 Å². The lowest BCUT2D eigenvalue weighted by atomic mass is 10.0. The van der Waals surface area contributed by atoms with Crippen molar-refractivity contribution in [2.75, 3.05) is 0 Å². The van der Waals surface area contributed by atoms with Crippen molar-refractivity contribution in [1.82, 2.24) is 5.32 Å². The van der Waals surface area contributed by atoms with Crippen LogP contribution in [0.25, 0.3) is 0 Å². The molecule has 0 bridgehead atoms. The summed E-state index contributed by atoms with van der Waals surface area (Å²) < 4.78 is 51.3. The maximum absolute atomic E-state index is 13.7. The fourth-order valence-corrected chi connectivity index (χ4v) is 1.55. The van der Waals surface area contributed by atoms with Crippen LogP contribution in [0.15, 0.2) is 18.2 Å². The molecule has 1 aromatic rings. The van der Waals surface area contributed by atoms with E-state index in [0.29, 0.717) is 6.07 Å². The van der Waals surface area contributed by atoms with E-state index in [2.05, 4.69) is 5.32 Å². The summed E-state index contributed by atoms with van der Waals surface area (Å²) >= 11 is 0. The first-order valence-corrected chi connectivity index (χ1v) is 5.95. The molecular weight excluding hydrogens is 294 g/mol. The van der Waals surface area contributed by atoms with Crippen LogP contribution in [0.2, 0.25) is 0 Å². The van der Waals surface area contributed by atoms with Gasteiger partial charge < -0.3 is 10.4 Å². The Bertz CT molecular complexity index is 557. The minimum atomic E-state index is -4.92. The molecule has 0 radical (unpaired) electrons. The average Bonchev–Trinajstić information content (AvgIpc) is 2.36. The van der Waals surface area contributed by atoms with Crippen molar-refractivity contribution in [3.63, 3.8) is 0 Å². The van der Waals surface area contributed by atoms with Gasteiger partial charge in [-0.05, 0) is 26.0 Å². The van der Waals surface area contributed by atoms with E-state index >= 15 is 0 Å². The highest BCUT2D eigenvalue weighted by atomic mass is 19.4. The van der Waals surface area contributed by atoms with E-state index in [0.717, 1.165) is 12.1 Å². The van der Waals surface area contributed by atoms with Gasteiger partial charge in [-0.15, -0.1) is 0 Å². The van der Waals surface area contributed by atoms with Crippen LogP contribution in [0, 0.1) is 11.7 Å². The van der Waals surface area contributed by atoms with Crippen molar-refractivity contribution in [3.8, 4) is 0 Å². The van der Waals surface area contributed by atoms with Crippen LogP contribution in [-0.2, 0) is 11.0 Å². The Kier molecular flexibility index (Phi) is 4.93. The third kappa shape index (κ3) is 3.93. The van der Waals surface area contributed by atoms with Crippen LogP contribution in [0.3, 0.4) is 0 Å². The van der Waals surface area contributed by atoms with Gasteiger partial charge in [0.1, 0.15) is 5.82 Å². The molecule has 1 rings (SSSR count). The zero-order valence-electron chi connectivity index (χ0n) is 11.2. The Labute approximate surface area is 117 Å². The third-order valence-electron chi connectivity index (χ3n) is 3.05. The maximum atomic E-state index is 13.7. The Morgan fingerprint density at radius 3 is 2.29 bits per heavy atom. The van der Waals surface area contributed by atoms with Gasteiger partial charge in [-0.3, -0.25) is 9.59 Å². The van der Waals surface area contributed by atoms with Gasteiger partial charge >= 0.3 is 12.1 Å². The first kappa shape index (κ1) is 16.9. The summed E-state index contributed by atoms with van der Waals surface area (Å²) in [6.45, 7) is 2.68. The van der Waals surface area contributed by atoms with E-state index in [4.69, 9.17) is 5.11 Å². The molecular formula is C13H13F4NO3. The summed E-state index contributed by atoms with van der Waals surface area (Å²) in [6, 6.07) is 1.46. The number of hydrogen-bond acceptors (Lipinski definition) is 2. The van der Waals surface area contributed by atoms with Crippen LogP contribution in [0.1, 0.15) is 29.8 Å². The lowest BCUT2D eigenvalue weighted by Crippen LogP contribution is -2.40. The van der Waals surface area contributed by atoms with E-state index < -0.39 is 47.0 Å². The highest BCUT2D eigenvalue weighted by Crippen LogP contribution is 2.32. The molecule has 0 aliphatic rings. The van der Waals surface area contributed by atoms with Gasteiger partial charge in [-0.1, -0.05) is 6.07 Å². The monoisotopic (exact) mass is 307 g/mol. The molecule has 4 nitrogen and oxygen atoms in total. The number of hydrogen-bond donors (Lipinski definition) is 2. The van der Waals surface area contributed by atoms with Gasteiger partial charge in [0, 0.05) is 6.04 Å². The second kappa shape index (κ2) is 6.11. The minimum Gasteiger partial charge on any atom is -0.481 e. The third-order valence-corrected chi connectivity index (χ3v) is 3.05. The summed E-state index contributed by atoms with van der Waals surface area (Å²) in [5.74, 6) is -4.94. The first-order valence-electron chi connectivity index (χ1n) is 5.95. The number of benzene rings is 1. The maximum Gasteiger partial charge on any atom is 0.419 e. The number of carboxylic acid groups (broad SMARTS) is 1. The van der Waals surface area contributed by atoms with Gasteiger partial charge in [0.2, 0.25) is 0 Å². The SMILES string of the molecule is CC(NC(=O)c1cccc(C(F)(F)F)c1F)C(C)C(=O)O. The number of aliphatic carboxylic acids is 1. The molecule has 116 valence electrons. The molecule has 0 saturated carbocycles. The van der Waals surface area contributed by atoms with Crippen molar-refractivity contribution >= 4 is 11.9 Å². The quantitative estimate of drug-likeness (QED) is 0.841. The van der Waals surface area contributed by atoms with E-state index in [-0.39, 0.29) is 0 Å². The second-order valence-corrected chi connectivity index (χ2v) is 4.55. The molecule has 21 heavy (non-hydrogen) atoms. The summed E-state index contributed by atoms with van der Waals surface area (Å²) in [5.41, 5.74) is -2.33. The number of rotatable bonds is 4. The van der Waals surface area contributed by atoms with Gasteiger partial charge in [-0.2, -0.15) is 13.2 Å². The standard InChI is InChI=1S/C13H13F4NO3/c1-6(12(20)21)7(2)18-11(19)8-4-3-5-9(10(8)14)13(15,16)17/h3-7H,1-2H3,(H,18,19)(H,20,21). The number of carbonyl (C=O) groups excluding carboxylic acids is 1. The number of alkyl halides is 3. The number of amides is 1. The van der Waals surface area contributed by atoms with Crippen LogP contribution in [-0.4, -0.2) is 23.0 Å². The van der Waals surface area contributed by atoms with Crippen molar-refractivity contribution in [2.24, 2.45) is 5.92 Å². The Hall–Kier alpha value is -2.12. The summed E-state index contributed by atoms with van der Waals surface area (Å²) in [7, 11) is 0. The van der Waals surface area contributed by atoms with Crippen LogP contribution >= 0.6 is 0 Å². The minimum absolute atomic E-state index is 0.523. The molecule has 0 fully saturated rings. The van der Waals surface area contributed by atoms with Crippen molar-refractivity contribution in [3.05, 3.63) is 35.1 Å². The van der Waals surface area contributed by atoms with Gasteiger partial charge in [-0.25, -0.2) is 4.39 Å². The van der Waals surface area contributed by atoms with Crippen LogP contribution in [0.4, 0.5) is 17.6 Å². The number of carboxylic acids is 1. The Balaban J connectivity index is 3.02. The lowest BCUT2D eigenvalue weighted by Gasteiger charge is -2.18. The van der Waals surface area contributed by atoms with E-state index in [1.165, 1.54) is 13.8 Å². The molecule has 2 unspecified atom stereocenters. The van der Waals surface area contributed by atoms with Gasteiger partial charge in [0.15, 0.2) is 0 Å². The highest BCUT2D eigenvalue weighted by Gasteiger charge is 2.36. The van der Waals surface area contributed by atoms with Gasteiger partial charge in [0.25, 0.3) is 5.91 Å². The molecule has 1 amide bonds. The first-order chi connectivity index (χ1) is 9.55. The molecule has 0 heterocycles. The Morgan fingerprint density at radius 1 is 1.24 bits per heavy atom. The van der Waals surface area contributed by atoms with E-state index in [9.17, 15) is 27.2 Å². The average molecular weight is 307 g/mol. The normalized spacial score (nSPS) is 14.4. The predicted molar refractivity (Wildman–Crippen MR) is 65.1 cm³/mol. The zero-order valence-corrected chi connectivity index (χ0v) is 11.2. The van der Waals surface area contributed by atoms with E-state index in [1.807, 2.05) is 0 Å². The van der Waals surface area contributed by atoms with Crippen molar-refractivity contribution in [1.29, 1.82) is 0 Å². The molecule has 0 aromatic heterocycles. The summed E-state index contributed by atoms with van der Waals surface area (Å²) in [4.78, 5) is 22.5. The largest absolute Gasteiger partial charge is 0.481 e. The molecule has 2 N–H and O–H groups in total. The second-order valence-electron chi connectivity index (χ2n) is 4.55. The summed E-state index contributed by atoms with van der Waals surface area (Å²) in [6.07, 6.45) is -4.92. The molecule has 0 aliphatic carbocycles. The fraction of sp³-hybridized carbons (Fsp3) is 0.385. The van der Waals surface area contributed by atoms with Gasteiger partial charge in [0.05, 0.1) is 17.0 Å². The molecule has 0 aliphatic heterocycles. The smallest absolute Gasteiger partial charge is 0.419 e. The highest BCUT2D eigenvalue weighted by molar-refractivity contribution is 5.95. The molecule has 0 saturated heterocycles. The Morgan fingerprint density at radius 2 is 1.81 bits per heavy atom. The molecule has 2 atom stereocenters. The topological polar surface area (TPSA) is 66.4 Å². The lowest BCUT2D eigenvalue weighted by molar-refractivity contribution is -0.142. The number of nitrogens with one attached hydrogen (secondary N) is 1. The molecule has 0 spiro atoms. The fourth-order valence-electron chi connectivity index (χ4n) is 1.55. The number of carbonyl (C=O) groups is 2. The number of halogens is 4. The van der Waals surface area contributed by atoms with Crippen LogP contribution in [0.5, 0.6) is 0 Å². The molecule has 1 aromatic carbocycles. The van der Waals surface area contributed by atoms with Crippen molar-refractivity contribution in [2.45, 2.75) is 26.1 Å². The van der Waals surface area contributed by atoms with E-state index in [1.54, 1.807) is 0 Å². The predicted octanol–water partition coefficient (Wildman–Crippen LogP) is 2.68. The van der Waals surface area contributed by atoms with Crippen LogP contribution < -0.4 is 5.32 Å². The summed E-state index contributed by atoms with van der Waals surface area (Å²) in [5, 5.41) is 10.9.